The number of esters is 1. The first kappa shape index (κ1) is 67.6. The fourth-order valence-electron chi connectivity index (χ4n) is 9.99. The highest BCUT2D eigenvalue weighted by atomic mass is 16.5. The van der Waals surface area contributed by atoms with E-state index in [0.29, 0.717) is 25.9 Å². The van der Waals surface area contributed by atoms with Crippen molar-refractivity contribution in [3.8, 4) is 0 Å². The Kier molecular flexibility index (Phi) is 58.0. The minimum atomic E-state index is -0.672. The quantitative estimate of drug-likeness (QED) is 0.0321. The molecular formula is C63H123NO5. The minimum absolute atomic E-state index is 0.00821. The molecule has 0 fully saturated rings. The molecule has 0 aromatic rings. The molecule has 0 aromatic carbocycles. The molecule has 6 nitrogen and oxygen atoms in total. The van der Waals surface area contributed by atoms with E-state index >= 15 is 0 Å². The van der Waals surface area contributed by atoms with Gasteiger partial charge in [0.15, 0.2) is 0 Å². The summed E-state index contributed by atoms with van der Waals surface area (Å²) in [6.45, 7) is 4.97. The van der Waals surface area contributed by atoms with Crippen molar-refractivity contribution in [3.63, 3.8) is 0 Å². The summed E-state index contributed by atoms with van der Waals surface area (Å²) in [5, 5.41) is 23.3. The van der Waals surface area contributed by atoms with E-state index < -0.39 is 12.1 Å². The van der Waals surface area contributed by atoms with Crippen LogP contribution in [0.1, 0.15) is 354 Å². The second-order valence-corrected chi connectivity index (χ2v) is 21.7. The number of rotatable bonds is 59. The monoisotopic (exact) mass is 974 g/mol. The number of aliphatic hydroxyl groups is 2. The van der Waals surface area contributed by atoms with Crippen LogP contribution in [0.3, 0.4) is 0 Å². The third-order valence-corrected chi connectivity index (χ3v) is 14.8. The molecule has 3 N–H and O–H groups in total. The molecule has 0 saturated heterocycles. The maximum atomic E-state index is 12.5. The molecule has 0 aliphatic carbocycles. The van der Waals surface area contributed by atoms with Gasteiger partial charge in [-0.15, -0.1) is 0 Å². The SMILES string of the molecule is CCCCCCCCCCCCCCCCCCCCC(=O)OCCCCCCCCCCC/C=C\CCCCCCCC(=O)NC(CO)C(O)CCCCCCCCCCCCCCCCCC. The van der Waals surface area contributed by atoms with Crippen molar-refractivity contribution in [3.05, 3.63) is 12.2 Å². The predicted molar refractivity (Wildman–Crippen MR) is 301 cm³/mol. The van der Waals surface area contributed by atoms with E-state index in [9.17, 15) is 19.8 Å². The number of carbonyl (C=O) groups is 2. The molecule has 0 aromatic heterocycles. The molecule has 2 atom stereocenters. The van der Waals surface area contributed by atoms with Crippen LogP contribution in [0.4, 0.5) is 0 Å². The van der Waals surface area contributed by atoms with E-state index in [1.165, 1.54) is 270 Å². The minimum Gasteiger partial charge on any atom is -0.466 e. The highest BCUT2D eigenvalue weighted by Gasteiger charge is 2.20. The van der Waals surface area contributed by atoms with E-state index in [1.54, 1.807) is 0 Å². The summed E-state index contributed by atoms with van der Waals surface area (Å²) in [7, 11) is 0. The van der Waals surface area contributed by atoms with Crippen molar-refractivity contribution in [2.24, 2.45) is 0 Å². The molecule has 2 unspecified atom stereocenters. The lowest BCUT2D eigenvalue weighted by atomic mass is 10.0. The predicted octanol–water partition coefficient (Wildman–Crippen LogP) is 19.6. The van der Waals surface area contributed by atoms with E-state index in [2.05, 4.69) is 31.3 Å². The van der Waals surface area contributed by atoms with Crippen molar-refractivity contribution in [2.45, 2.75) is 366 Å². The molecule has 0 aliphatic heterocycles. The molecule has 6 heteroatoms. The Morgan fingerprint density at radius 1 is 0.391 bits per heavy atom. The lowest BCUT2D eigenvalue weighted by Crippen LogP contribution is -2.45. The third kappa shape index (κ3) is 55.8. The molecule has 0 bridgehead atoms. The maximum absolute atomic E-state index is 12.5. The number of carbonyl (C=O) groups excluding carboxylic acids is 2. The zero-order chi connectivity index (χ0) is 50.0. The molecule has 410 valence electrons. The standard InChI is InChI=1S/C63H123NO5/c1-3-5-7-9-11-13-15-17-19-21-25-29-33-37-41-45-49-53-57-63(68)69-58-54-50-46-42-38-34-30-26-23-22-24-28-32-36-40-44-48-52-56-62(67)64-60(59-65)61(66)55-51-47-43-39-35-31-27-20-18-16-14-12-10-8-6-4-2/h24,28,60-61,65-66H,3-23,25-27,29-59H2,1-2H3,(H,64,67)/b28-24-. The van der Waals surface area contributed by atoms with Gasteiger partial charge in [-0.1, -0.05) is 302 Å². The van der Waals surface area contributed by atoms with Crippen LogP contribution in [0.5, 0.6) is 0 Å². The summed E-state index contributed by atoms with van der Waals surface area (Å²) < 4.78 is 5.50. The first-order chi connectivity index (χ1) is 34.0. The number of ether oxygens (including phenoxy) is 1. The molecule has 0 saturated carbocycles. The molecule has 0 aliphatic rings. The maximum Gasteiger partial charge on any atom is 0.305 e. The van der Waals surface area contributed by atoms with Gasteiger partial charge < -0.3 is 20.3 Å². The summed E-state index contributed by atoms with van der Waals surface area (Å²) in [6, 6.07) is -0.551. The Morgan fingerprint density at radius 3 is 1.03 bits per heavy atom. The van der Waals surface area contributed by atoms with Gasteiger partial charge in [0, 0.05) is 12.8 Å². The van der Waals surface area contributed by atoms with Gasteiger partial charge in [-0.05, 0) is 51.4 Å². The van der Waals surface area contributed by atoms with Gasteiger partial charge in [0.1, 0.15) is 0 Å². The molecule has 0 spiro atoms. The topological polar surface area (TPSA) is 95.9 Å². The van der Waals surface area contributed by atoms with Crippen molar-refractivity contribution in [1.82, 2.24) is 5.32 Å². The second kappa shape index (κ2) is 59.2. The van der Waals surface area contributed by atoms with Crippen LogP contribution in [0.25, 0.3) is 0 Å². The van der Waals surface area contributed by atoms with E-state index in [1.807, 2.05) is 0 Å². The van der Waals surface area contributed by atoms with Crippen LogP contribution >= 0.6 is 0 Å². The summed E-state index contributed by atoms with van der Waals surface area (Å²) in [6.07, 6.45) is 70.7. The van der Waals surface area contributed by atoms with Gasteiger partial charge in [0.25, 0.3) is 0 Å². The van der Waals surface area contributed by atoms with Crippen LogP contribution in [-0.2, 0) is 14.3 Å². The van der Waals surface area contributed by atoms with Crippen LogP contribution in [0, 0.1) is 0 Å². The molecule has 69 heavy (non-hydrogen) atoms. The number of aliphatic hydroxyl groups excluding tert-OH is 2. The number of nitrogens with one attached hydrogen (secondary N) is 1. The molecule has 1 amide bonds. The van der Waals surface area contributed by atoms with E-state index in [-0.39, 0.29) is 18.5 Å². The van der Waals surface area contributed by atoms with Crippen molar-refractivity contribution >= 4 is 11.9 Å². The number of unbranched alkanes of at least 4 members (excludes halogenated alkanes) is 46. The Bertz CT molecular complexity index is 1030. The van der Waals surface area contributed by atoms with Gasteiger partial charge in [0.2, 0.25) is 5.91 Å². The Labute approximate surface area is 431 Å². The van der Waals surface area contributed by atoms with Crippen molar-refractivity contribution in [2.75, 3.05) is 13.2 Å². The summed E-state index contributed by atoms with van der Waals surface area (Å²) >= 11 is 0. The molecule has 0 radical (unpaired) electrons. The third-order valence-electron chi connectivity index (χ3n) is 14.8. The van der Waals surface area contributed by atoms with Gasteiger partial charge in [-0.3, -0.25) is 9.59 Å². The Hall–Kier alpha value is -1.40. The number of amides is 1. The number of allylic oxidation sites excluding steroid dienone is 2. The van der Waals surface area contributed by atoms with Crippen molar-refractivity contribution < 1.29 is 24.5 Å². The molecular weight excluding hydrogens is 851 g/mol. The van der Waals surface area contributed by atoms with Gasteiger partial charge in [-0.25, -0.2) is 0 Å². The van der Waals surface area contributed by atoms with Gasteiger partial charge in [-0.2, -0.15) is 0 Å². The summed E-state index contributed by atoms with van der Waals surface area (Å²) in [4.78, 5) is 24.6. The number of hydrogen-bond donors (Lipinski definition) is 3. The average Bonchev–Trinajstić information content (AvgIpc) is 3.35. The van der Waals surface area contributed by atoms with Gasteiger partial charge in [0.05, 0.1) is 25.4 Å². The number of hydrogen-bond acceptors (Lipinski definition) is 5. The van der Waals surface area contributed by atoms with E-state index in [0.717, 1.165) is 51.4 Å². The van der Waals surface area contributed by atoms with Crippen LogP contribution < -0.4 is 5.32 Å². The van der Waals surface area contributed by atoms with Crippen LogP contribution in [0.15, 0.2) is 12.2 Å². The smallest absolute Gasteiger partial charge is 0.305 e. The largest absolute Gasteiger partial charge is 0.466 e. The first-order valence-electron chi connectivity index (χ1n) is 31.4. The van der Waals surface area contributed by atoms with Gasteiger partial charge >= 0.3 is 5.97 Å². The lowest BCUT2D eigenvalue weighted by Gasteiger charge is -2.22. The molecule has 0 heterocycles. The normalized spacial score (nSPS) is 12.6. The zero-order valence-corrected chi connectivity index (χ0v) is 46.8. The average molecular weight is 975 g/mol. The Balaban J connectivity index is 3.41. The van der Waals surface area contributed by atoms with Crippen LogP contribution in [-0.4, -0.2) is 47.4 Å². The fourth-order valence-corrected chi connectivity index (χ4v) is 9.99. The fraction of sp³-hybridized carbons (Fsp3) is 0.937. The summed E-state index contributed by atoms with van der Waals surface area (Å²) in [5.41, 5.74) is 0. The van der Waals surface area contributed by atoms with Crippen LogP contribution in [0.2, 0.25) is 0 Å². The highest BCUT2D eigenvalue weighted by molar-refractivity contribution is 5.76. The molecule has 0 rings (SSSR count). The Morgan fingerprint density at radius 2 is 0.681 bits per heavy atom. The zero-order valence-electron chi connectivity index (χ0n) is 46.8. The second-order valence-electron chi connectivity index (χ2n) is 21.7. The van der Waals surface area contributed by atoms with E-state index in [4.69, 9.17) is 4.74 Å². The lowest BCUT2D eigenvalue weighted by molar-refractivity contribution is -0.143. The first-order valence-corrected chi connectivity index (χ1v) is 31.4. The highest BCUT2D eigenvalue weighted by Crippen LogP contribution is 2.18. The summed E-state index contributed by atoms with van der Waals surface area (Å²) in [5.74, 6) is -0.0382. The van der Waals surface area contributed by atoms with Crippen molar-refractivity contribution in [1.29, 1.82) is 0 Å².